The summed E-state index contributed by atoms with van der Waals surface area (Å²) in [4.78, 5) is 40.4. The van der Waals surface area contributed by atoms with E-state index in [0.29, 0.717) is 16.9 Å². The van der Waals surface area contributed by atoms with E-state index < -0.39 is 23.6 Å². The summed E-state index contributed by atoms with van der Waals surface area (Å²) in [6, 6.07) is 19.1. The van der Waals surface area contributed by atoms with Gasteiger partial charge < -0.3 is 10.1 Å². The van der Waals surface area contributed by atoms with E-state index in [0.717, 1.165) is 15.4 Å². The molecule has 3 aromatic carbocycles. The highest BCUT2D eigenvalue weighted by Gasteiger charge is 2.40. The number of amides is 2. The van der Waals surface area contributed by atoms with E-state index >= 15 is 0 Å². The average Bonchev–Trinajstić information content (AvgIpc) is 3.05. The number of nitrogens with one attached hydrogen (secondary N) is 1. The molecule has 0 spiro atoms. The average molecular weight is 463 g/mol. The molecule has 3 aromatic rings. The predicted molar refractivity (Wildman–Crippen MR) is 124 cm³/mol. The molecule has 1 heterocycles. The monoisotopic (exact) mass is 462 g/mol. The van der Waals surface area contributed by atoms with Gasteiger partial charge in [-0.25, -0.2) is 14.1 Å². The number of aryl methyl sites for hydroxylation is 1. The highest BCUT2D eigenvalue weighted by atomic mass is 32.2. The zero-order valence-corrected chi connectivity index (χ0v) is 18.6. The Kier molecular flexibility index (Phi) is 6.28. The highest BCUT2D eigenvalue weighted by Crippen LogP contribution is 2.38. The molecular weight excluding hydrogens is 443 g/mol. The van der Waals surface area contributed by atoms with Crippen LogP contribution in [0.15, 0.2) is 88.3 Å². The normalized spacial score (nSPS) is 13.5. The van der Waals surface area contributed by atoms with E-state index in [2.05, 4.69) is 5.32 Å². The Labute approximate surface area is 194 Å². The third kappa shape index (κ3) is 4.65. The van der Waals surface area contributed by atoms with Crippen LogP contribution in [0.4, 0.5) is 15.8 Å². The molecule has 0 aliphatic carbocycles. The number of hydrogen-bond donors (Lipinski definition) is 1. The molecular formula is C25H19FN2O4S. The first-order valence-corrected chi connectivity index (χ1v) is 10.8. The molecule has 6 nitrogen and oxygen atoms in total. The zero-order chi connectivity index (χ0) is 23.5. The molecule has 0 fully saturated rings. The first kappa shape index (κ1) is 22.3. The number of ether oxygens (including phenoxy) is 1. The van der Waals surface area contributed by atoms with E-state index in [1.807, 2.05) is 31.2 Å². The van der Waals surface area contributed by atoms with Crippen LogP contribution in [0.2, 0.25) is 0 Å². The van der Waals surface area contributed by atoms with Crippen LogP contribution in [-0.2, 0) is 14.3 Å². The fraction of sp³-hybridized carbons (Fsp3) is 0.0800. The van der Waals surface area contributed by atoms with Crippen LogP contribution in [0.5, 0.6) is 0 Å². The van der Waals surface area contributed by atoms with E-state index in [4.69, 9.17) is 4.74 Å². The molecule has 0 saturated carbocycles. The van der Waals surface area contributed by atoms with Crippen LogP contribution in [0.25, 0.3) is 0 Å². The van der Waals surface area contributed by atoms with Crippen molar-refractivity contribution in [2.24, 2.45) is 0 Å². The number of imide groups is 1. The summed E-state index contributed by atoms with van der Waals surface area (Å²) < 4.78 is 18.0. The number of methoxy groups -OCH3 is 1. The minimum atomic E-state index is -0.551. The van der Waals surface area contributed by atoms with Crippen LogP contribution >= 0.6 is 11.8 Å². The van der Waals surface area contributed by atoms with Gasteiger partial charge in [0, 0.05) is 10.6 Å². The third-order valence-electron chi connectivity index (χ3n) is 4.94. The van der Waals surface area contributed by atoms with Crippen molar-refractivity contribution in [3.05, 3.63) is 100 Å². The Hall–Kier alpha value is -3.91. The highest BCUT2D eigenvalue weighted by molar-refractivity contribution is 8.04. The number of anilines is 2. The van der Waals surface area contributed by atoms with Gasteiger partial charge in [0.15, 0.2) is 0 Å². The van der Waals surface area contributed by atoms with Crippen LogP contribution in [0.3, 0.4) is 0 Å². The van der Waals surface area contributed by atoms with Gasteiger partial charge in [-0.2, -0.15) is 0 Å². The molecule has 0 aromatic heterocycles. The zero-order valence-electron chi connectivity index (χ0n) is 17.8. The molecule has 1 N–H and O–H groups in total. The van der Waals surface area contributed by atoms with Crippen molar-refractivity contribution in [2.45, 2.75) is 11.8 Å². The lowest BCUT2D eigenvalue weighted by Crippen LogP contribution is -2.32. The summed E-state index contributed by atoms with van der Waals surface area (Å²) >= 11 is 1.17. The van der Waals surface area contributed by atoms with E-state index in [9.17, 15) is 18.8 Å². The Bertz CT molecular complexity index is 1180. The van der Waals surface area contributed by atoms with E-state index in [-0.39, 0.29) is 10.6 Å². The second-order valence-corrected chi connectivity index (χ2v) is 8.32. The number of carbonyl (C=O) groups is 3. The number of thioether (sulfide) groups is 1. The first-order chi connectivity index (χ1) is 15.9. The lowest BCUT2D eigenvalue weighted by Gasteiger charge is -2.15. The number of benzene rings is 3. The van der Waals surface area contributed by atoms with Gasteiger partial charge in [0.05, 0.1) is 18.4 Å². The van der Waals surface area contributed by atoms with E-state index in [1.54, 1.807) is 0 Å². The lowest BCUT2D eigenvalue weighted by molar-refractivity contribution is -0.120. The summed E-state index contributed by atoms with van der Waals surface area (Å²) in [5.74, 6) is -1.98. The van der Waals surface area contributed by atoms with Crippen molar-refractivity contribution in [2.75, 3.05) is 17.3 Å². The molecule has 2 amide bonds. The van der Waals surface area contributed by atoms with Gasteiger partial charge in [0.2, 0.25) is 0 Å². The first-order valence-electron chi connectivity index (χ1n) is 9.96. The van der Waals surface area contributed by atoms with Crippen molar-refractivity contribution in [1.29, 1.82) is 0 Å². The second-order valence-electron chi connectivity index (χ2n) is 7.24. The molecule has 33 heavy (non-hydrogen) atoms. The number of nitrogens with zero attached hydrogens (tertiary/aromatic N) is 1. The number of esters is 1. The fourth-order valence-corrected chi connectivity index (χ4v) is 4.14. The molecule has 0 saturated heterocycles. The van der Waals surface area contributed by atoms with E-state index in [1.165, 1.54) is 67.4 Å². The summed E-state index contributed by atoms with van der Waals surface area (Å²) in [6.45, 7) is 1.96. The largest absolute Gasteiger partial charge is 0.465 e. The molecule has 166 valence electrons. The Balaban J connectivity index is 1.70. The van der Waals surface area contributed by atoms with Crippen molar-refractivity contribution in [3.63, 3.8) is 0 Å². The summed E-state index contributed by atoms with van der Waals surface area (Å²) in [5, 5.41) is 2.97. The maximum atomic E-state index is 13.4. The number of rotatable bonds is 6. The topological polar surface area (TPSA) is 75.7 Å². The van der Waals surface area contributed by atoms with Crippen LogP contribution in [-0.4, -0.2) is 24.9 Å². The van der Waals surface area contributed by atoms with Gasteiger partial charge in [-0.15, -0.1) is 0 Å². The predicted octanol–water partition coefficient (Wildman–Crippen LogP) is 4.91. The summed E-state index contributed by atoms with van der Waals surface area (Å²) in [6.07, 6.45) is 0. The van der Waals surface area contributed by atoms with Crippen molar-refractivity contribution in [1.82, 2.24) is 0 Å². The second kappa shape index (κ2) is 9.30. The Morgan fingerprint density at radius 3 is 2.15 bits per heavy atom. The standard InChI is InChI=1S/C25H19FN2O4S/c1-15-3-13-20(14-4-15)33-22-21(27-18-9-7-17(26)8-10-18)23(29)28(24(22)30)19-11-5-16(6-12-19)25(31)32-2/h3-14,27H,1-2H3. The SMILES string of the molecule is COC(=O)c1ccc(N2C(=O)C(Nc3ccc(F)cc3)=C(Sc3ccc(C)cc3)C2=O)cc1. The lowest BCUT2D eigenvalue weighted by atomic mass is 10.2. The number of carbonyl (C=O) groups excluding carboxylic acids is 3. The molecule has 1 aliphatic heterocycles. The quantitative estimate of drug-likeness (QED) is 0.414. The number of halogens is 1. The Morgan fingerprint density at radius 1 is 0.909 bits per heavy atom. The Morgan fingerprint density at radius 2 is 1.55 bits per heavy atom. The molecule has 4 rings (SSSR count). The van der Waals surface area contributed by atoms with Gasteiger partial charge in [0.25, 0.3) is 11.8 Å². The summed E-state index contributed by atoms with van der Waals surface area (Å²) in [7, 11) is 1.27. The van der Waals surface area contributed by atoms with Crippen molar-refractivity contribution >= 4 is 40.9 Å². The smallest absolute Gasteiger partial charge is 0.337 e. The maximum absolute atomic E-state index is 13.4. The van der Waals surface area contributed by atoms with Crippen LogP contribution in [0, 0.1) is 12.7 Å². The van der Waals surface area contributed by atoms with Gasteiger partial charge >= 0.3 is 5.97 Å². The maximum Gasteiger partial charge on any atom is 0.337 e. The fourth-order valence-electron chi connectivity index (χ4n) is 3.22. The van der Waals surface area contributed by atoms with Gasteiger partial charge in [-0.05, 0) is 67.6 Å². The molecule has 0 unspecified atom stereocenters. The molecule has 1 aliphatic rings. The minimum Gasteiger partial charge on any atom is -0.465 e. The molecule has 8 heteroatoms. The molecule has 0 atom stereocenters. The minimum absolute atomic E-state index is 0.0919. The summed E-state index contributed by atoms with van der Waals surface area (Å²) in [5.41, 5.74) is 2.24. The molecule has 0 radical (unpaired) electrons. The van der Waals surface area contributed by atoms with Gasteiger partial charge in [0.1, 0.15) is 16.4 Å². The van der Waals surface area contributed by atoms with Gasteiger partial charge in [-0.1, -0.05) is 29.5 Å². The van der Waals surface area contributed by atoms with Crippen molar-refractivity contribution < 1.29 is 23.5 Å². The van der Waals surface area contributed by atoms with Gasteiger partial charge in [-0.3, -0.25) is 9.59 Å². The van der Waals surface area contributed by atoms with Crippen LogP contribution < -0.4 is 10.2 Å². The number of hydrogen-bond acceptors (Lipinski definition) is 6. The van der Waals surface area contributed by atoms with Crippen molar-refractivity contribution in [3.8, 4) is 0 Å². The molecule has 0 bridgehead atoms. The third-order valence-corrected chi connectivity index (χ3v) is 6.03. The van der Waals surface area contributed by atoms with Crippen LogP contribution in [0.1, 0.15) is 15.9 Å².